The molecule has 0 saturated carbocycles. The Morgan fingerprint density at radius 1 is 1.00 bits per heavy atom. The summed E-state index contributed by atoms with van der Waals surface area (Å²) in [6, 6.07) is 13.9. The maximum atomic E-state index is 13.0. The first-order chi connectivity index (χ1) is 28.1. The average molecular weight is 848 g/mol. The van der Waals surface area contributed by atoms with Crippen LogP contribution >= 0.6 is 0 Å². The molecule has 5 N–H and O–H groups in total. The van der Waals surface area contributed by atoms with Gasteiger partial charge < -0.3 is 44.5 Å². The second-order valence-corrected chi connectivity index (χ2v) is 14.3. The van der Waals surface area contributed by atoms with Crippen molar-refractivity contribution >= 4 is 23.8 Å². The van der Waals surface area contributed by atoms with E-state index in [2.05, 4.69) is 28.2 Å². The molecule has 0 spiro atoms. The molecule has 3 rings (SSSR count). The minimum Gasteiger partial charge on any atom is -0.547 e. The monoisotopic (exact) mass is 847 g/mol. The maximum Gasteiger partial charge on any atom is 0.486 e. The van der Waals surface area contributed by atoms with Gasteiger partial charge in [0.2, 0.25) is 0 Å². The number of methoxy groups -OCH3 is 3. The van der Waals surface area contributed by atoms with Gasteiger partial charge in [-0.15, -0.1) is 4.84 Å². The average Bonchev–Trinajstić information content (AvgIpc) is 3.20. The number of carbonyl (C=O) groups excluding carboxylic acids is 3. The molecular formula is C40H57N5O15. The molecule has 0 aromatic heterocycles. The van der Waals surface area contributed by atoms with Crippen LogP contribution in [-0.4, -0.2) is 121 Å². The Morgan fingerprint density at radius 3 is 2.25 bits per heavy atom. The lowest BCUT2D eigenvalue weighted by atomic mass is 9.92. The fraction of sp³-hybridized carbons (Fsp3) is 0.575. The van der Waals surface area contributed by atoms with E-state index in [0.717, 1.165) is 36.8 Å². The molecule has 1 saturated heterocycles. The summed E-state index contributed by atoms with van der Waals surface area (Å²) in [7, 11) is 6.75. The molecule has 1 fully saturated rings. The number of carbonyl (C=O) groups is 4. The number of likely N-dealkylation sites (N-methyl/N-ethyl adjacent to an activating group) is 1. The van der Waals surface area contributed by atoms with Crippen molar-refractivity contribution in [2.24, 2.45) is 11.8 Å². The number of rotatable bonds is 26. The zero-order valence-corrected chi connectivity index (χ0v) is 34.7. The minimum absolute atomic E-state index is 0. The Morgan fingerprint density at radius 2 is 1.65 bits per heavy atom. The summed E-state index contributed by atoms with van der Waals surface area (Å²) in [5, 5.41) is 40.7. The Hall–Kier alpha value is -5.75. The number of aliphatic carboxylic acids is 2. The number of aliphatic hydroxyl groups is 1. The van der Waals surface area contributed by atoms with E-state index in [1.54, 1.807) is 25.3 Å². The van der Waals surface area contributed by atoms with Crippen molar-refractivity contribution in [2.75, 3.05) is 61.2 Å². The van der Waals surface area contributed by atoms with Gasteiger partial charge in [0.1, 0.15) is 10.5 Å². The molecule has 1 aliphatic rings. The van der Waals surface area contributed by atoms with Gasteiger partial charge in [-0.2, -0.15) is 10.1 Å². The van der Waals surface area contributed by atoms with Crippen molar-refractivity contribution in [3.63, 3.8) is 0 Å². The Labute approximate surface area is 348 Å². The van der Waals surface area contributed by atoms with Gasteiger partial charge in [-0.3, -0.25) is 19.9 Å². The molecule has 20 nitrogen and oxygen atoms in total. The quantitative estimate of drug-likeness (QED) is 0.113. The molecule has 0 radical (unpaired) electrons. The Bertz CT molecular complexity index is 1780. The van der Waals surface area contributed by atoms with Crippen LogP contribution in [0.3, 0.4) is 0 Å². The molecule has 60 heavy (non-hydrogen) atoms. The van der Waals surface area contributed by atoms with E-state index in [4.69, 9.17) is 28.9 Å². The molecule has 3 unspecified atom stereocenters. The van der Waals surface area contributed by atoms with Gasteiger partial charge in [-0.1, -0.05) is 25.5 Å². The largest absolute Gasteiger partial charge is 0.547 e. The third kappa shape index (κ3) is 15.8. The number of hydrogen-bond donors (Lipinski definition) is 3. The highest BCUT2D eigenvalue weighted by Gasteiger charge is 2.38. The van der Waals surface area contributed by atoms with E-state index >= 15 is 0 Å². The number of piperidine rings is 1. The van der Waals surface area contributed by atoms with Crippen LogP contribution in [0.5, 0.6) is 23.0 Å². The normalized spacial score (nSPS) is 14.9. The predicted molar refractivity (Wildman–Crippen MR) is 209 cm³/mol. The summed E-state index contributed by atoms with van der Waals surface area (Å²) in [6.45, 7) is 3.06. The van der Waals surface area contributed by atoms with E-state index in [9.17, 15) is 39.6 Å². The summed E-state index contributed by atoms with van der Waals surface area (Å²) in [5.74, 6) is -3.99. The van der Waals surface area contributed by atoms with Crippen LogP contribution in [0.25, 0.3) is 0 Å². The van der Waals surface area contributed by atoms with Crippen molar-refractivity contribution in [3.8, 4) is 29.1 Å². The third-order valence-electron chi connectivity index (χ3n) is 10.0. The van der Waals surface area contributed by atoms with E-state index in [1.165, 1.54) is 7.11 Å². The van der Waals surface area contributed by atoms with Crippen LogP contribution in [0, 0.1) is 28.1 Å². The number of carboxylic acids is 2. The number of amides is 1. The molecule has 2 aromatic carbocycles. The highest BCUT2D eigenvalue weighted by molar-refractivity contribution is 5.87. The summed E-state index contributed by atoms with van der Waals surface area (Å²) in [6.07, 6.45) is 2.14. The van der Waals surface area contributed by atoms with Crippen molar-refractivity contribution in [1.29, 1.82) is 5.26 Å². The Balaban J connectivity index is 0.0000124. The number of hydrazine groups is 1. The second kappa shape index (κ2) is 25.0. The molecule has 0 aliphatic carbocycles. The van der Waals surface area contributed by atoms with E-state index < -0.39 is 47.3 Å². The molecule has 2 aromatic rings. The number of carboxylic acid groups (broad SMARTS) is 2. The SMILES string of the molecule is CCCC(C#N)CCC(c1ccc(OC)c(OCC(=O)NN2CCC(CO[N+](=O)OC(=O)CC(O)(CC(=O)O)C(=O)[O-])CC2)c1)N(C)CCc1ccc(OC)c(OC)c1.O. The van der Waals surface area contributed by atoms with E-state index in [-0.39, 0.29) is 36.6 Å². The molecule has 1 heterocycles. The lowest BCUT2D eigenvalue weighted by molar-refractivity contribution is -0.964. The van der Waals surface area contributed by atoms with Gasteiger partial charge in [0.05, 0.1) is 46.2 Å². The number of nitriles is 1. The zero-order chi connectivity index (χ0) is 43.5. The summed E-state index contributed by atoms with van der Waals surface area (Å²) < 4.78 is 22.4. The van der Waals surface area contributed by atoms with Crippen LogP contribution < -0.4 is 29.5 Å². The lowest BCUT2D eigenvalue weighted by Gasteiger charge is -2.31. The second-order valence-electron chi connectivity index (χ2n) is 14.3. The number of nitrogens with one attached hydrogen (secondary N) is 1. The number of benzene rings is 2. The van der Waals surface area contributed by atoms with Crippen molar-refractivity contribution in [2.45, 2.75) is 76.4 Å². The summed E-state index contributed by atoms with van der Waals surface area (Å²) in [5.41, 5.74) is 1.75. The van der Waals surface area contributed by atoms with Crippen LogP contribution in [0.4, 0.5) is 0 Å². The lowest BCUT2D eigenvalue weighted by Crippen LogP contribution is -2.51. The van der Waals surface area contributed by atoms with Gasteiger partial charge >= 0.3 is 17.0 Å². The zero-order valence-electron chi connectivity index (χ0n) is 34.7. The molecule has 1 amide bonds. The van der Waals surface area contributed by atoms with E-state index in [0.29, 0.717) is 61.9 Å². The fourth-order valence-electron chi connectivity index (χ4n) is 6.70. The van der Waals surface area contributed by atoms with Gasteiger partial charge in [0.25, 0.3) is 5.91 Å². The van der Waals surface area contributed by atoms with Gasteiger partial charge in [0, 0.05) is 37.5 Å². The maximum absolute atomic E-state index is 13.0. The highest BCUT2D eigenvalue weighted by Crippen LogP contribution is 2.35. The summed E-state index contributed by atoms with van der Waals surface area (Å²) in [4.78, 5) is 70.2. The van der Waals surface area contributed by atoms with Crippen LogP contribution in [-0.2, 0) is 35.3 Å². The molecular weight excluding hydrogens is 790 g/mol. The van der Waals surface area contributed by atoms with Crippen molar-refractivity contribution in [1.82, 2.24) is 15.3 Å². The van der Waals surface area contributed by atoms with Crippen molar-refractivity contribution < 1.29 is 73.7 Å². The fourth-order valence-corrected chi connectivity index (χ4v) is 6.70. The summed E-state index contributed by atoms with van der Waals surface area (Å²) >= 11 is 0. The molecule has 20 heteroatoms. The topological polar surface area (TPSA) is 281 Å². The molecule has 0 bridgehead atoms. The Kier molecular flexibility index (Phi) is 21.0. The minimum atomic E-state index is -3.07. The van der Waals surface area contributed by atoms with Crippen LogP contribution in [0.1, 0.15) is 75.5 Å². The van der Waals surface area contributed by atoms with Crippen LogP contribution in [0.2, 0.25) is 0 Å². The van der Waals surface area contributed by atoms with Gasteiger partial charge in [-0.05, 0) is 81.0 Å². The van der Waals surface area contributed by atoms with Gasteiger partial charge in [0.15, 0.2) is 36.2 Å². The first-order valence-corrected chi connectivity index (χ1v) is 19.3. The number of ether oxygens (including phenoxy) is 4. The smallest absolute Gasteiger partial charge is 0.486 e. The standard InChI is InChI=1S/C40H55N5O14.H2O/c1-6-7-28(24-41)8-11-31(43(2)17-14-27-9-12-32(54-3)34(20-27)56-5)30-10-13-33(55-4)35(21-30)57-26-36(46)42-44-18-15-29(16-19-44)25-58-45(53)59-38(49)23-40(52,39(50)51)22-37(47)48;/h9-10,12-13,20-21,28-29,31,52H,6-8,11,14-19,22-23,25-26H2,1-5H3,(H2-,42,46,47,48,50,51);1H2. The molecule has 332 valence electrons. The van der Waals surface area contributed by atoms with Gasteiger partial charge in [-0.25, -0.2) is 9.80 Å². The van der Waals surface area contributed by atoms with Crippen LogP contribution in [0.15, 0.2) is 36.4 Å². The van der Waals surface area contributed by atoms with Crippen molar-refractivity contribution in [3.05, 3.63) is 52.4 Å². The third-order valence-corrected chi connectivity index (χ3v) is 10.0. The number of nitrogens with zero attached hydrogens (tertiary/aromatic N) is 4. The predicted octanol–water partition coefficient (Wildman–Crippen LogP) is 1.46. The first kappa shape index (κ1) is 50.4. The molecule has 1 aliphatic heterocycles. The number of hydrogen-bond acceptors (Lipinski definition) is 16. The first-order valence-electron chi connectivity index (χ1n) is 19.3. The highest BCUT2D eigenvalue weighted by atomic mass is 17.0. The molecule has 3 atom stereocenters. The van der Waals surface area contributed by atoms with E-state index in [1.807, 2.05) is 37.4 Å².